The predicted molar refractivity (Wildman–Crippen MR) is 162 cm³/mol. The number of piperidine rings is 1. The first-order chi connectivity index (χ1) is 20.5. The van der Waals surface area contributed by atoms with E-state index in [1.165, 1.54) is 17.5 Å². The zero-order valence-electron chi connectivity index (χ0n) is 23.7. The molecule has 0 saturated carbocycles. The van der Waals surface area contributed by atoms with Gasteiger partial charge in [-0.1, -0.05) is 37.6 Å². The van der Waals surface area contributed by atoms with Gasteiger partial charge >= 0.3 is 0 Å². The molecular weight excluding hydrogens is 528 g/mol. The summed E-state index contributed by atoms with van der Waals surface area (Å²) in [4.78, 5) is 49.0. The number of rotatable bonds is 11. The third kappa shape index (κ3) is 5.77. The number of aromatic nitrogens is 2. The highest BCUT2D eigenvalue weighted by atomic mass is 16.2. The first kappa shape index (κ1) is 27.6. The van der Waals surface area contributed by atoms with E-state index in [9.17, 15) is 14.4 Å². The summed E-state index contributed by atoms with van der Waals surface area (Å²) >= 11 is 0. The van der Waals surface area contributed by atoms with Crippen LogP contribution >= 0.6 is 0 Å². The molecule has 0 radical (unpaired) electrons. The van der Waals surface area contributed by atoms with Gasteiger partial charge in [0.25, 0.3) is 11.8 Å². The molecule has 1 unspecified atom stereocenters. The molecule has 3 heterocycles. The molecule has 1 saturated heterocycles. The van der Waals surface area contributed by atoms with E-state index < -0.39 is 6.04 Å². The quantitative estimate of drug-likeness (QED) is 0.213. The van der Waals surface area contributed by atoms with Gasteiger partial charge in [0, 0.05) is 24.1 Å². The number of unbranched alkanes of at least 4 members (excludes halogenated alkanes) is 3. The molecule has 1 atom stereocenters. The molecule has 2 aliphatic heterocycles. The highest BCUT2D eigenvalue weighted by Gasteiger charge is 2.44. The lowest BCUT2D eigenvalue weighted by atomic mass is 9.97. The van der Waals surface area contributed by atoms with Crippen LogP contribution in [0, 0.1) is 0 Å². The Hall–Kier alpha value is -4.53. The second kappa shape index (κ2) is 12.1. The molecule has 2 aromatic carbocycles. The smallest absolute Gasteiger partial charge is 0.262 e. The lowest BCUT2D eigenvalue weighted by molar-refractivity contribution is -0.125. The van der Waals surface area contributed by atoms with Crippen LogP contribution in [0.4, 0.5) is 17.5 Å². The van der Waals surface area contributed by atoms with Crippen molar-refractivity contribution in [2.75, 3.05) is 17.2 Å². The molecule has 42 heavy (non-hydrogen) atoms. The van der Waals surface area contributed by atoms with Gasteiger partial charge in [-0.05, 0) is 92.3 Å². The van der Waals surface area contributed by atoms with E-state index >= 15 is 0 Å². The summed E-state index contributed by atoms with van der Waals surface area (Å²) in [7, 11) is 0. The zero-order valence-corrected chi connectivity index (χ0v) is 23.7. The number of hydrogen-bond acceptors (Lipinski definition) is 7. The lowest BCUT2D eigenvalue weighted by Gasteiger charge is -2.29. The van der Waals surface area contributed by atoms with Crippen LogP contribution < -0.4 is 16.0 Å². The van der Waals surface area contributed by atoms with Crippen LogP contribution in [0.2, 0.25) is 0 Å². The number of aryl methyl sites for hydroxylation is 3. The average molecular weight is 565 g/mol. The fourth-order valence-corrected chi connectivity index (χ4v) is 6.18. The van der Waals surface area contributed by atoms with E-state index in [1.54, 1.807) is 12.3 Å². The van der Waals surface area contributed by atoms with Gasteiger partial charge in [-0.3, -0.25) is 19.3 Å². The van der Waals surface area contributed by atoms with Crippen LogP contribution in [0.25, 0.3) is 0 Å². The van der Waals surface area contributed by atoms with Gasteiger partial charge < -0.3 is 16.0 Å². The predicted octanol–water partition coefficient (Wildman–Crippen LogP) is 5.31. The van der Waals surface area contributed by atoms with Crippen LogP contribution in [0.1, 0.15) is 82.4 Å². The number of nitrogens with one attached hydrogen (secondary N) is 3. The summed E-state index contributed by atoms with van der Waals surface area (Å²) in [5, 5.41) is 9.40. The SMILES string of the molecule is C=C1CCC(N2C(=O)c3cccc(CCCCCCNc4ccnc(Nc5ccc6c(c5)CCC6)n4)c3C2=O)C(=O)N1. The molecule has 6 rings (SSSR count). The van der Waals surface area contributed by atoms with Crippen molar-refractivity contribution in [3.05, 3.63) is 88.8 Å². The maximum absolute atomic E-state index is 13.3. The molecule has 9 nitrogen and oxygen atoms in total. The van der Waals surface area contributed by atoms with Crippen LogP contribution in [-0.4, -0.2) is 45.2 Å². The molecule has 9 heteroatoms. The number of amides is 3. The Labute approximate surface area is 245 Å². The van der Waals surface area contributed by atoms with Crippen molar-refractivity contribution < 1.29 is 14.4 Å². The molecule has 3 aliphatic rings. The Morgan fingerprint density at radius 2 is 1.81 bits per heavy atom. The van der Waals surface area contributed by atoms with Crippen molar-refractivity contribution in [1.82, 2.24) is 20.2 Å². The lowest BCUT2D eigenvalue weighted by Crippen LogP contribution is -2.51. The fraction of sp³-hybridized carbons (Fsp3) is 0.364. The van der Waals surface area contributed by atoms with E-state index in [1.807, 2.05) is 18.2 Å². The molecule has 0 spiro atoms. The van der Waals surface area contributed by atoms with Gasteiger partial charge in [0.15, 0.2) is 0 Å². The highest BCUT2D eigenvalue weighted by molar-refractivity contribution is 6.23. The molecule has 3 aromatic rings. The topological polar surface area (TPSA) is 116 Å². The largest absolute Gasteiger partial charge is 0.370 e. The molecule has 1 aliphatic carbocycles. The minimum absolute atomic E-state index is 0.343. The molecule has 1 fully saturated rings. The van der Waals surface area contributed by atoms with Crippen molar-refractivity contribution >= 4 is 35.2 Å². The summed E-state index contributed by atoms with van der Waals surface area (Å²) < 4.78 is 0. The summed E-state index contributed by atoms with van der Waals surface area (Å²) in [6.07, 6.45) is 10.9. The molecule has 1 aromatic heterocycles. The third-order valence-corrected chi connectivity index (χ3v) is 8.36. The monoisotopic (exact) mass is 564 g/mol. The number of allylic oxidation sites excluding steroid dienone is 1. The second-order valence-corrected chi connectivity index (χ2v) is 11.3. The molecule has 0 bridgehead atoms. The number of anilines is 3. The van der Waals surface area contributed by atoms with E-state index in [-0.39, 0.29) is 17.7 Å². The normalized spacial score (nSPS) is 17.7. The summed E-state index contributed by atoms with van der Waals surface area (Å²) in [6.45, 7) is 4.59. The minimum atomic E-state index is -0.788. The summed E-state index contributed by atoms with van der Waals surface area (Å²) in [6, 6.07) is 13.0. The number of nitrogens with zero attached hydrogens (tertiary/aromatic N) is 3. The zero-order chi connectivity index (χ0) is 29.1. The van der Waals surface area contributed by atoms with Crippen LogP contribution in [0.5, 0.6) is 0 Å². The second-order valence-electron chi connectivity index (χ2n) is 11.3. The Bertz CT molecular complexity index is 1550. The van der Waals surface area contributed by atoms with Gasteiger partial charge in [-0.2, -0.15) is 4.98 Å². The van der Waals surface area contributed by atoms with Crippen molar-refractivity contribution in [3.63, 3.8) is 0 Å². The Morgan fingerprint density at radius 3 is 2.69 bits per heavy atom. The van der Waals surface area contributed by atoms with Crippen molar-refractivity contribution in [1.29, 1.82) is 0 Å². The van der Waals surface area contributed by atoms with E-state index in [0.717, 1.165) is 67.0 Å². The summed E-state index contributed by atoms with van der Waals surface area (Å²) in [5.74, 6) is 0.277. The number of hydrogen-bond donors (Lipinski definition) is 3. The van der Waals surface area contributed by atoms with Crippen molar-refractivity contribution in [2.24, 2.45) is 0 Å². The number of fused-ring (bicyclic) bond motifs is 2. The van der Waals surface area contributed by atoms with Crippen LogP contribution in [0.3, 0.4) is 0 Å². The Morgan fingerprint density at radius 1 is 0.952 bits per heavy atom. The highest BCUT2D eigenvalue weighted by Crippen LogP contribution is 2.31. The van der Waals surface area contributed by atoms with Gasteiger partial charge in [-0.25, -0.2) is 4.98 Å². The van der Waals surface area contributed by atoms with Gasteiger partial charge in [0.1, 0.15) is 11.9 Å². The number of carbonyl (C=O) groups excluding carboxylic acids is 3. The first-order valence-electron chi connectivity index (χ1n) is 14.9. The number of benzene rings is 2. The molecule has 3 amide bonds. The summed E-state index contributed by atoms with van der Waals surface area (Å²) in [5.41, 5.74) is 6.21. The van der Waals surface area contributed by atoms with Crippen molar-refractivity contribution in [2.45, 2.75) is 70.3 Å². The Kier molecular flexibility index (Phi) is 7.99. The minimum Gasteiger partial charge on any atom is -0.370 e. The standard InChI is InChI=1S/C33H36N6O3/c1-21-13-16-27(30(40)36-21)39-31(41)26-12-7-10-23(29(26)32(39)42)8-4-2-3-5-18-34-28-17-19-35-33(38-28)37-25-15-14-22-9-6-11-24(22)20-25/h7,10,12,14-15,17,19-20,27H,1-6,8-9,11,13,16,18H2,(H,36,40)(H2,34,35,37,38). The van der Waals surface area contributed by atoms with E-state index in [2.05, 4.69) is 50.7 Å². The molecule has 3 N–H and O–H groups in total. The Balaban J connectivity index is 0.956. The van der Waals surface area contributed by atoms with E-state index in [0.29, 0.717) is 42.0 Å². The van der Waals surface area contributed by atoms with Crippen molar-refractivity contribution in [3.8, 4) is 0 Å². The van der Waals surface area contributed by atoms with Gasteiger partial charge in [-0.15, -0.1) is 0 Å². The van der Waals surface area contributed by atoms with Gasteiger partial charge in [0.05, 0.1) is 11.1 Å². The third-order valence-electron chi connectivity index (χ3n) is 8.36. The maximum atomic E-state index is 13.3. The van der Waals surface area contributed by atoms with Crippen LogP contribution in [-0.2, 0) is 24.1 Å². The maximum Gasteiger partial charge on any atom is 0.262 e. The molecular formula is C33H36N6O3. The fourth-order valence-electron chi connectivity index (χ4n) is 6.18. The molecule has 216 valence electrons. The van der Waals surface area contributed by atoms with Gasteiger partial charge in [0.2, 0.25) is 11.9 Å². The number of imide groups is 1. The van der Waals surface area contributed by atoms with E-state index in [4.69, 9.17) is 0 Å². The first-order valence-corrected chi connectivity index (χ1v) is 14.9. The van der Waals surface area contributed by atoms with Crippen LogP contribution in [0.15, 0.2) is 60.9 Å². The number of carbonyl (C=O) groups is 3. The average Bonchev–Trinajstić information content (AvgIpc) is 3.55.